The summed E-state index contributed by atoms with van der Waals surface area (Å²) in [7, 11) is 0. The van der Waals surface area contributed by atoms with Crippen LogP contribution < -0.4 is 4.74 Å². The molecule has 0 aliphatic rings. The molecule has 59 heavy (non-hydrogen) atoms. The molecule has 0 saturated heterocycles. The fraction of sp³-hybridized carbons (Fsp3) is 0.222. The summed E-state index contributed by atoms with van der Waals surface area (Å²) in [6, 6.07) is 40.0. The highest BCUT2D eigenvalue weighted by molar-refractivity contribution is 6.18. The molecule has 10 rings (SSSR count). The Bertz CT molecular complexity index is 3220. The van der Waals surface area contributed by atoms with E-state index in [1.54, 1.807) is 0 Å². The van der Waals surface area contributed by atoms with Gasteiger partial charge in [0.25, 0.3) is 0 Å². The molecule has 0 aliphatic heterocycles. The molecule has 5 heteroatoms. The van der Waals surface area contributed by atoms with Crippen LogP contribution in [-0.4, -0.2) is 18.8 Å². The molecule has 292 valence electrons. The number of pyridine rings is 2. The van der Waals surface area contributed by atoms with E-state index in [4.69, 9.17) is 14.7 Å². The molecule has 0 atom stereocenters. The van der Waals surface area contributed by atoms with Gasteiger partial charge >= 0.3 is 0 Å². The molecule has 4 heterocycles. The Morgan fingerprint density at radius 2 is 0.915 bits per heavy atom. The lowest BCUT2D eigenvalue weighted by atomic mass is 9.83. The van der Waals surface area contributed by atoms with Crippen LogP contribution >= 0.6 is 0 Å². The van der Waals surface area contributed by atoms with E-state index in [1.807, 2.05) is 12.4 Å². The molecule has 5 nitrogen and oxygen atoms in total. The van der Waals surface area contributed by atoms with Gasteiger partial charge in [-0.15, -0.1) is 0 Å². The number of imidazole rings is 2. The highest BCUT2D eigenvalue weighted by Crippen LogP contribution is 2.45. The summed E-state index contributed by atoms with van der Waals surface area (Å²) in [5.74, 6) is 3.06. The fourth-order valence-electron chi connectivity index (χ4n) is 9.69. The van der Waals surface area contributed by atoms with Crippen LogP contribution in [0.15, 0.2) is 134 Å². The molecule has 0 fully saturated rings. The quantitative estimate of drug-likeness (QED) is 0.145. The number of nitrogens with zero attached hydrogens (tertiary/aromatic N) is 4. The number of fused-ring (bicyclic) bond motifs is 12. The maximum atomic E-state index is 6.79. The molecule has 4 aromatic heterocycles. The van der Waals surface area contributed by atoms with Gasteiger partial charge in [0.15, 0.2) is 0 Å². The maximum Gasteiger partial charge on any atom is 0.145 e. The van der Waals surface area contributed by atoms with Crippen molar-refractivity contribution in [3.05, 3.63) is 156 Å². The van der Waals surface area contributed by atoms with E-state index in [0.717, 1.165) is 49.9 Å². The maximum absolute atomic E-state index is 6.79. The third kappa shape index (κ3) is 5.81. The third-order valence-corrected chi connectivity index (χ3v) is 12.4. The first-order valence-electron chi connectivity index (χ1n) is 21.2. The number of hydrogen-bond donors (Lipinski definition) is 0. The first-order chi connectivity index (χ1) is 28.6. The number of aromatic nitrogens is 4. The predicted octanol–water partition coefficient (Wildman–Crippen LogP) is 15.2. The minimum atomic E-state index is 0.381. The second kappa shape index (κ2) is 14.1. The molecule has 0 amide bonds. The highest BCUT2D eigenvalue weighted by Gasteiger charge is 2.23. The van der Waals surface area contributed by atoms with Gasteiger partial charge in [0.05, 0.1) is 11.0 Å². The van der Waals surface area contributed by atoms with Crippen LogP contribution in [0.4, 0.5) is 0 Å². The zero-order valence-corrected chi connectivity index (χ0v) is 35.2. The minimum absolute atomic E-state index is 0.381. The van der Waals surface area contributed by atoms with Crippen LogP contribution in [0.3, 0.4) is 0 Å². The van der Waals surface area contributed by atoms with Crippen LogP contribution in [0.5, 0.6) is 11.5 Å². The van der Waals surface area contributed by atoms with Gasteiger partial charge in [0.2, 0.25) is 0 Å². The molecule has 0 spiro atoms. The number of hydrogen-bond acceptors (Lipinski definition) is 3. The average Bonchev–Trinajstić information content (AvgIpc) is 3.94. The summed E-state index contributed by atoms with van der Waals surface area (Å²) in [6.45, 7) is 18.3. The van der Waals surface area contributed by atoms with Crippen molar-refractivity contribution in [1.82, 2.24) is 18.8 Å². The van der Waals surface area contributed by atoms with Crippen molar-refractivity contribution in [3.8, 4) is 33.8 Å². The van der Waals surface area contributed by atoms with Crippen LogP contribution in [0.25, 0.3) is 76.9 Å². The third-order valence-electron chi connectivity index (χ3n) is 12.4. The first kappa shape index (κ1) is 36.9. The molecular formula is C54H50N4O. The predicted molar refractivity (Wildman–Crippen MR) is 248 cm³/mol. The normalized spacial score (nSPS) is 12.3. The monoisotopic (exact) mass is 770 g/mol. The van der Waals surface area contributed by atoms with Gasteiger partial charge in [-0.3, -0.25) is 8.80 Å². The van der Waals surface area contributed by atoms with Gasteiger partial charge in [-0.2, -0.15) is 0 Å². The lowest BCUT2D eigenvalue weighted by molar-refractivity contribution is 0.484. The lowest BCUT2D eigenvalue weighted by Crippen LogP contribution is -2.02. The summed E-state index contributed by atoms with van der Waals surface area (Å²) < 4.78 is 11.3. The number of para-hydroxylation sites is 1. The Labute approximate surface area is 345 Å². The van der Waals surface area contributed by atoms with Crippen molar-refractivity contribution in [2.24, 2.45) is 0 Å². The fourth-order valence-corrected chi connectivity index (χ4v) is 9.69. The molecule has 0 radical (unpaired) electrons. The van der Waals surface area contributed by atoms with E-state index in [1.165, 1.54) is 60.8 Å². The van der Waals surface area contributed by atoms with Crippen molar-refractivity contribution in [2.75, 3.05) is 0 Å². The topological polar surface area (TPSA) is 43.8 Å². The van der Waals surface area contributed by atoms with E-state index >= 15 is 0 Å². The van der Waals surface area contributed by atoms with E-state index in [2.05, 4.69) is 186 Å². The molecule has 0 N–H and O–H groups in total. The standard InChI is InChI=1S/C54H50N4O/c1-31(2)37-13-9-14-38(32(3)4)49(37)44-18-12-20-48-51(44)42-24-22-36(30-47(42)53-55-25-27-57(48)53)59-35-21-23-41-43-17-11-19-45(52(43)58-28-26-56-54(58)46(41)29-35)50-39(33(5)6)15-10-16-40(50)34(7)8/h9-34H,1-8H3. The zero-order valence-electron chi connectivity index (χ0n) is 35.2. The molecule has 0 unspecified atom stereocenters. The average molecular weight is 771 g/mol. The van der Waals surface area contributed by atoms with Gasteiger partial charge < -0.3 is 4.74 Å². The van der Waals surface area contributed by atoms with Crippen LogP contribution in [0.2, 0.25) is 0 Å². The van der Waals surface area contributed by atoms with Crippen molar-refractivity contribution in [1.29, 1.82) is 0 Å². The van der Waals surface area contributed by atoms with Gasteiger partial charge in [0.1, 0.15) is 22.8 Å². The highest BCUT2D eigenvalue weighted by atomic mass is 16.5. The van der Waals surface area contributed by atoms with Gasteiger partial charge in [-0.25, -0.2) is 9.97 Å². The molecular weight excluding hydrogens is 721 g/mol. The number of benzene rings is 6. The molecule has 0 saturated carbocycles. The van der Waals surface area contributed by atoms with Crippen molar-refractivity contribution >= 4 is 54.6 Å². The summed E-state index contributed by atoms with van der Waals surface area (Å²) in [4.78, 5) is 9.85. The Hall–Kier alpha value is -6.46. The van der Waals surface area contributed by atoms with Crippen molar-refractivity contribution in [3.63, 3.8) is 0 Å². The lowest BCUT2D eigenvalue weighted by Gasteiger charge is -2.22. The minimum Gasteiger partial charge on any atom is -0.457 e. The van der Waals surface area contributed by atoms with E-state index in [0.29, 0.717) is 23.7 Å². The zero-order chi connectivity index (χ0) is 40.7. The second-order valence-electron chi connectivity index (χ2n) is 17.4. The Kier molecular flexibility index (Phi) is 8.82. The van der Waals surface area contributed by atoms with E-state index in [-0.39, 0.29) is 0 Å². The summed E-state index contributed by atoms with van der Waals surface area (Å²) >= 11 is 0. The van der Waals surface area contributed by atoms with Gasteiger partial charge in [-0.05, 0) is 116 Å². The van der Waals surface area contributed by atoms with E-state index in [9.17, 15) is 0 Å². The Morgan fingerprint density at radius 3 is 1.51 bits per heavy atom. The van der Waals surface area contributed by atoms with Crippen molar-refractivity contribution < 1.29 is 4.74 Å². The molecule has 0 bridgehead atoms. The Balaban J connectivity index is 1.14. The number of ether oxygens (including phenoxy) is 1. The van der Waals surface area contributed by atoms with Gasteiger partial charge in [-0.1, -0.05) is 122 Å². The second-order valence-corrected chi connectivity index (χ2v) is 17.4. The number of rotatable bonds is 8. The van der Waals surface area contributed by atoms with Crippen LogP contribution in [-0.2, 0) is 0 Å². The smallest absolute Gasteiger partial charge is 0.145 e. The summed E-state index contributed by atoms with van der Waals surface area (Å²) in [6.07, 6.45) is 7.99. The largest absolute Gasteiger partial charge is 0.457 e. The van der Waals surface area contributed by atoms with Crippen molar-refractivity contribution in [2.45, 2.75) is 79.1 Å². The summed E-state index contributed by atoms with van der Waals surface area (Å²) in [5, 5.41) is 6.84. The van der Waals surface area contributed by atoms with Gasteiger partial charge in [0, 0.05) is 51.9 Å². The first-order valence-corrected chi connectivity index (χ1v) is 21.2. The molecule has 6 aromatic carbocycles. The van der Waals surface area contributed by atoms with Crippen LogP contribution in [0, 0.1) is 0 Å². The summed E-state index contributed by atoms with van der Waals surface area (Å²) in [5.41, 5.74) is 14.8. The molecule has 0 aliphatic carbocycles. The van der Waals surface area contributed by atoms with E-state index < -0.39 is 0 Å². The molecule has 10 aromatic rings. The van der Waals surface area contributed by atoms with Crippen LogP contribution in [0.1, 0.15) is 101 Å². The SMILES string of the molecule is CC(C)c1cccc(C(C)C)c1-c1cccc2c1c1ccc(Oc3ccc4c(c3)c3nccn3c3c(-c5c(C(C)C)cccc5C(C)C)cccc43)cc1c1nccn21. The Morgan fingerprint density at radius 1 is 0.441 bits per heavy atom.